The third-order valence-electron chi connectivity index (χ3n) is 2.05. The molecule has 0 fully saturated rings. The van der Waals surface area contributed by atoms with Gasteiger partial charge in [-0.1, -0.05) is 12.1 Å². The van der Waals surface area contributed by atoms with E-state index in [1.807, 2.05) is 6.07 Å². The fraction of sp³-hybridized carbons (Fsp3) is 0.100. The van der Waals surface area contributed by atoms with Gasteiger partial charge in [0.2, 0.25) is 0 Å². The number of nitrogens with zero attached hydrogens (tertiary/aromatic N) is 1. The fourth-order valence-corrected chi connectivity index (χ4v) is 1.42. The number of rotatable bonds is 1. The molecule has 1 aromatic carbocycles. The van der Waals surface area contributed by atoms with Crippen LogP contribution in [-0.2, 0) is 7.05 Å². The molecule has 0 aliphatic carbocycles. The largest absolute Gasteiger partial charge is 0.508 e. The van der Waals surface area contributed by atoms with E-state index in [2.05, 4.69) is 5.10 Å². The standard InChI is InChI=1S/C10H10N2O2/c1-12-9(6-10(14)11-12)7-3-2-4-8(13)5-7/h2-6,13H,1H3,(H,11,14). The lowest BCUT2D eigenvalue weighted by atomic mass is 10.1. The van der Waals surface area contributed by atoms with Crippen molar-refractivity contribution < 1.29 is 5.11 Å². The van der Waals surface area contributed by atoms with E-state index in [-0.39, 0.29) is 11.3 Å². The van der Waals surface area contributed by atoms with Crippen LogP contribution in [0.1, 0.15) is 0 Å². The molecule has 0 saturated heterocycles. The van der Waals surface area contributed by atoms with Crippen molar-refractivity contribution in [2.75, 3.05) is 0 Å². The number of aromatic hydroxyl groups is 1. The molecular formula is C10H10N2O2. The van der Waals surface area contributed by atoms with Crippen LogP contribution in [0.5, 0.6) is 5.75 Å². The first kappa shape index (κ1) is 8.62. The second-order valence-electron chi connectivity index (χ2n) is 3.11. The summed E-state index contributed by atoms with van der Waals surface area (Å²) in [7, 11) is 1.75. The number of hydrogen-bond acceptors (Lipinski definition) is 2. The molecule has 0 amide bonds. The van der Waals surface area contributed by atoms with Gasteiger partial charge in [0.25, 0.3) is 5.56 Å². The van der Waals surface area contributed by atoms with Crippen LogP contribution in [0.2, 0.25) is 0 Å². The van der Waals surface area contributed by atoms with E-state index in [9.17, 15) is 9.90 Å². The van der Waals surface area contributed by atoms with Gasteiger partial charge >= 0.3 is 0 Å². The van der Waals surface area contributed by atoms with Crippen LogP contribution in [-0.4, -0.2) is 14.9 Å². The predicted molar refractivity (Wildman–Crippen MR) is 53.1 cm³/mol. The summed E-state index contributed by atoms with van der Waals surface area (Å²) in [6, 6.07) is 8.27. The van der Waals surface area contributed by atoms with E-state index in [4.69, 9.17) is 0 Å². The lowest BCUT2D eigenvalue weighted by molar-refractivity contribution is 0.475. The average Bonchev–Trinajstić information content (AvgIpc) is 2.45. The highest BCUT2D eigenvalue weighted by Crippen LogP contribution is 2.20. The molecule has 4 heteroatoms. The summed E-state index contributed by atoms with van der Waals surface area (Å²) in [5.41, 5.74) is 1.42. The molecule has 1 heterocycles. The first-order chi connectivity index (χ1) is 6.66. The molecule has 2 N–H and O–H groups in total. The highest BCUT2D eigenvalue weighted by molar-refractivity contribution is 5.60. The molecule has 0 radical (unpaired) electrons. The lowest BCUT2D eigenvalue weighted by Crippen LogP contribution is -2.00. The first-order valence-electron chi connectivity index (χ1n) is 4.22. The van der Waals surface area contributed by atoms with Crippen molar-refractivity contribution in [2.24, 2.45) is 7.05 Å². The minimum atomic E-state index is -0.147. The Bertz CT molecular complexity index is 511. The summed E-state index contributed by atoms with van der Waals surface area (Å²) in [4.78, 5) is 11.0. The van der Waals surface area contributed by atoms with Crippen molar-refractivity contribution in [3.63, 3.8) is 0 Å². The number of nitrogens with one attached hydrogen (secondary N) is 1. The highest BCUT2D eigenvalue weighted by atomic mass is 16.3. The summed E-state index contributed by atoms with van der Waals surface area (Å²) >= 11 is 0. The number of hydrogen-bond donors (Lipinski definition) is 2. The topological polar surface area (TPSA) is 58.0 Å². The van der Waals surface area contributed by atoms with Gasteiger partial charge in [-0.2, -0.15) is 0 Å². The Kier molecular flexibility index (Phi) is 1.89. The third-order valence-corrected chi connectivity index (χ3v) is 2.05. The Hall–Kier alpha value is -1.97. The Balaban J connectivity index is 2.59. The summed E-state index contributed by atoms with van der Waals surface area (Å²) < 4.78 is 1.62. The Morgan fingerprint density at radius 1 is 1.36 bits per heavy atom. The van der Waals surface area contributed by atoms with E-state index < -0.39 is 0 Å². The Labute approximate surface area is 80.4 Å². The maximum absolute atomic E-state index is 11.0. The van der Waals surface area contributed by atoms with Crippen molar-refractivity contribution in [1.82, 2.24) is 9.78 Å². The molecule has 0 saturated carbocycles. The van der Waals surface area contributed by atoms with Crippen LogP contribution in [0, 0.1) is 0 Å². The van der Waals surface area contributed by atoms with Crippen molar-refractivity contribution in [1.29, 1.82) is 0 Å². The number of aromatic amines is 1. The fourth-order valence-electron chi connectivity index (χ4n) is 1.42. The molecule has 0 atom stereocenters. The molecule has 0 bridgehead atoms. The number of aromatic nitrogens is 2. The molecule has 0 aliphatic heterocycles. The van der Waals surface area contributed by atoms with Crippen molar-refractivity contribution in [2.45, 2.75) is 0 Å². The van der Waals surface area contributed by atoms with Gasteiger partial charge in [-0.25, -0.2) is 0 Å². The second-order valence-corrected chi connectivity index (χ2v) is 3.11. The lowest BCUT2D eigenvalue weighted by Gasteiger charge is -2.02. The Morgan fingerprint density at radius 3 is 2.71 bits per heavy atom. The molecule has 72 valence electrons. The van der Waals surface area contributed by atoms with Crippen LogP contribution >= 0.6 is 0 Å². The zero-order chi connectivity index (χ0) is 10.1. The van der Waals surface area contributed by atoms with Gasteiger partial charge in [-0.05, 0) is 12.1 Å². The van der Waals surface area contributed by atoms with Crippen molar-refractivity contribution in [3.05, 3.63) is 40.7 Å². The van der Waals surface area contributed by atoms with Crippen LogP contribution in [0.3, 0.4) is 0 Å². The average molecular weight is 190 g/mol. The third kappa shape index (κ3) is 1.42. The molecular weight excluding hydrogens is 180 g/mol. The Morgan fingerprint density at radius 2 is 2.14 bits per heavy atom. The van der Waals surface area contributed by atoms with Gasteiger partial charge in [-0.15, -0.1) is 0 Å². The van der Waals surface area contributed by atoms with Gasteiger partial charge in [0.15, 0.2) is 0 Å². The smallest absolute Gasteiger partial charge is 0.264 e. The number of aryl methyl sites for hydroxylation is 1. The van der Waals surface area contributed by atoms with Crippen LogP contribution in [0.15, 0.2) is 35.1 Å². The second kappa shape index (κ2) is 3.06. The molecule has 0 unspecified atom stereocenters. The molecule has 2 aromatic rings. The van der Waals surface area contributed by atoms with Crippen molar-refractivity contribution >= 4 is 0 Å². The monoisotopic (exact) mass is 190 g/mol. The van der Waals surface area contributed by atoms with Crippen LogP contribution in [0.4, 0.5) is 0 Å². The summed E-state index contributed by atoms with van der Waals surface area (Å²) in [6.07, 6.45) is 0. The summed E-state index contributed by atoms with van der Waals surface area (Å²) in [5, 5.41) is 11.9. The molecule has 1 aromatic heterocycles. The maximum atomic E-state index is 11.0. The molecule has 4 nitrogen and oxygen atoms in total. The quantitative estimate of drug-likeness (QED) is 0.707. The highest BCUT2D eigenvalue weighted by Gasteiger charge is 2.03. The van der Waals surface area contributed by atoms with E-state index in [1.165, 1.54) is 6.07 Å². The molecule has 2 rings (SSSR count). The maximum Gasteiger partial charge on any atom is 0.264 e. The zero-order valence-corrected chi connectivity index (χ0v) is 7.69. The number of phenolic OH excluding ortho intramolecular Hbond substituents is 1. The summed E-state index contributed by atoms with van der Waals surface area (Å²) in [6.45, 7) is 0. The van der Waals surface area contributed by atoms with Gasteiger partial charge in [0.1, 0.15) is 5.75 Å². The van der Waals surface area contributed by atoms with E-state index in [0.29, 0.717) is 0 Å². The first-order valence-corrected chi connectivity index (χ1v) is 4.22. The van der Waals surface area contributed by atoms with E-state index in [1.54, 1.807) is 29.9 Å². The van der Waals surface area contributed by atoms with E-state index in [0.717, 1.165) is 11.3 Å². The number of H-pyrrole nitrogens is 1. The summed E-state index contributed by atoms with van der Waals surface area (Å²) in [5.74, 6) is 0.191. The van der Waals surface area contributed by atoms with Gasteiger partial charge in [0, 0.05) is 18.7 Å². The normalized spacial score (nSPS) is 10.4. The minimum Gasteiger partial charge on any atom is -0.508 e. The zero-order valence-electron chi connectivity index (χ0n) is 7.69. The number of phenols is 1. The minimum absolute atomic E-state index is 0.147. The predicted octanol–water partition coefficient (Wildman–Crippen LogP) is 1.09. The SMILES string of the molecule is Cn1[nH]c(=O)cc1-c1cccc(O)c1. The van der Waals surface area contributed by atoms with E-state index >= 15 is 0 Å². The van der Waals surface area contributed by atoms with Crippen LogP contribution < -0.4 is 5.56 Å². The molecule has 0 spiro atoms. The molecule has 14 heavy (non-hydrogen) atoms. The molecule has 0 aliphatic rings. The van der Waals surface area contributed by atoms with Crippen molar-refractivity contribution in [3.8, 4) is 17.0 Å². The van der Waals surface area contributed by atoms with Crippen LogP contribution in [0.25, 0.3) is 11.3 Å². The van der Waals surface area contributed by atoms with Gasteiger partial charge in [-0.3, -0.25) is 14.6 Å². The number of benzene rings is 1. The van der Waals surface area contributed by atoms with Gasteiger partial charge < -0.3 is 5.11 Å². The van der Waals surface area contributed by atoms with Gasteiger partial charge in [0.05, 0.1) is 5.69 Å².